The number of esters is 1. The number of aromatic nitrogens is 3. The Morgan fingerprint density at radius 1 is 0.973 bits per heavy atom. The van der Waals surface area contributed by atoms with E-state index in [1.807, 2.05) is 4.90 Å². The lowest BCUT2D eigenvalue weighted by atomic mass is 9.84. The number of carbonyl (C=O) groups excluding carboxylic acids is 4. The second-order valence-electron chi connectivity index (χ2n) is 23.9. The average Bonchev–Trinajstić information content (AvgIpc) is 4.27. The van der Waals surface area contributed by atoms with E-state index in [0.29, 0.717) is 32.4 Å². The van der Waals surface area contributed by atoms with Gasteiger partial charge in [-0.3, -0.25) is 39.0 Å². The van der Waals surface area contributed by atoms with E-state index in [2.05, 4.69) is 120 Å². The van der Waals surface area contributed by atoms with E-state index >= 15 is 0 Å². The van der Waals surface area contributed by atoms with E-state index in [-0.39, 0.29) is 60.0 Å². The topological polar surface area (TPSA) is 170 Å². The molecule has 0 radical (unpaired) electrons. The number of pyridine rings is 1. The quantitative estimate of drug-likeness (QED) is 0.129. The van der Waals surface area contributed by atoms with Crippen molar-refractivity contribution in [2.75, 3.05) is 77.0 Å². The van der Waals surface area contributed by atoms with Crippen molar-refractivity contribution < 1.29 is 23.9 Å². The molecular weight excluding hydrogens is 939 g/mol. The molecule has 5 atom stereocenters. The standard InChI is InChI=1S/C56H77N11O5S/c1-8-66-46-14-11-36-24-39(46)41(50(66)40-25-38(28-58-48(40)34(2)3)63-22-20-62(21-23-63)37-12-13-37)27-55(6,7)33-72-54(71)42-10-9-17-67(61-42)53(70)43(26-47-59-45(36)30-73-47)60-51(68)49(35(4)5)64-18-15-56(31-64)16-19-65(32-56)52(69)44-29-57-44/h11,14,24-25,28,30,34-35,37,42-44,49,57,61H,8-10,12-13,15-23,26-27,29,31-33H2,1-7H3,(H,60,68)/t42-,43-,44+,49-,56-/m0/s1. The maximum absolute atomic E-state index is 14.8. The number of anilines is 1. The fourth-order valence-electron chi connectivity index (χ4n) is 12.8. The van der Waals surface area contributed by atoms with Crippen molar-refractivity contribution in [2.24, 2.45) is 16.7 Å². The molecule has 16 nitrogen and oxygen atoms in total. The third-order valence-electron chi connectivity index (χ3n) is 17.0. The molecule has 9 heterocycles. The van der Waals surface area contributed by atoms with Crippen LogP contribution in [-0.4, -0.2) is 160 Å². The molecule has 1 spiro atoms. The Bertz CT molecular complexity index is 2750. The summed E-state index contributed by atoms with van der Waals surface area (Å²) in [5.74, 6) is -0.552. The molecule has 11 rings (SSSR count). The van der Waals surface area contributed by atoms with Gasteiger partial charge in [-0.2, -0.15) is 0 Å². The van der Waals surface area contributed by atoms with Gasteiger partial charge >= 0.3 is 5.97 Å². The zero-order chi connectivity index (χ0) is 50.9. The third-order valence-corrected chi connectivity index (χ3v) is 17.9. The van der Waals surface area contributed by atoms with Gasteiger partial charge in [0.15, 0.2) is 0 Å². The first-order chi connectivity index (χ1) is 35.1. The highest BCUT2D eigenvalue weighted by atomic mass is 32.1. The molecule has 7 aliphatic rings. The Balaban J connectivity index is 0.930. The number of fused-ring (bicyclic) bond motifs is 6. The maximum Gasteiger partial charge on any atom is 0.324 e. The Morgan fingerprint density at radius 2 is 1.75 bits per heavy atom. The first-order valence-electron chi connectivity index (χ1n) is 27.5. The van der Waals surface area contributed by atoms with Crippen LogP contribution in [0.1, 0.15) is 109 Å². The lowest BCUT2D eigenvalue weighted by molar-refractivity contribution is -0.155. The lowest BCUT2D eigenvalue weighted by Crippen LogP contribution is -2.62. The highest BCUT2D eigenvalue weighted by molar-refractivity contribution is 7.10. The zero-order valence-electron chi connectivity index (χ0n) is 44.2. The van der Waals surface area contributed by atoms with Crippen LogP contribution in [0.4, 0.5) is 5.69 Å². The highest BCUT2D eigenvalue weighted by Gasteiger charge is 2.49. The van der Waals surface area contributed by atoms with Crippen LogP contribution in [0.5, 0.6) is 0 Å². The summed E-state index contributed by atoms with van der Waals surface area (Å²) in [7, 11) is 0. The molecule has 73 heavy (non-hydrogen) atoms. The number of ether oxygens (including phenoxy) is 1. The van der Waals surface area contributed by atoms with Crippen LogP contribution in [0.2, 0.25) is 0 Å². The number of nitrogens with zero attached hydrogens (tertiary/aromatic N) is 8. The molecule has 3 amide bonds. The molecule has 17 heteroatoms. The van der Waals surface area contributed by atoms with Crippen LogP contribution in [0.15, 0.2) is 35.8 Å². The molecular formula is C56H77N11O5S. The maximum atomic E-state index is 14.8. The summed E-state index contributed by atoms with van der Waals surface area (Å²) >= 11 is 1.50. The van der Waals surface area contributed by atoms with Crippen molar-refractivity contribution >= 4 is 51.6 Å². The third kappa shape index (κ3) is 10.2. The predicted molar refractivity (Wildman–Crippen MR) is 285 cm³/mol. The van der Waals surface area contributed by atoms with Crippen molar-refractivity contribution in [3.05, 3.63) is 52.1 Å². The summed E-state index contributed by atoms with van der Waals surface area (Å²) < 4.78 is 8.72. The van der Waals surface area contributed by atoms with E-state index in [1.165, 1.54) is 34.8 Å². The number of cyclic esters (lactones) is 1. The first-order valence-corrected chi connectivity index (χ1v) is 28.4. The van der Waals surface area contributed by atoms with Gasteiger partial charge in [0.25, 0.3) is 5.91 Å². The summed E-state index contributed by atoms with van der Waals surface area (Å²) in [4.78, 5) is 76.7. The molecule has 4 aromatic rings. The second-order valence-corrected chi connectivity index (χ2v) is 24.8. The van der Waals surface area contributed by atoms with Gasteiger partial charge in [0, 0.05) is 116 Å². The summed E-state index contributed by atoms with van der Waals surface area (Å²) in [6.45, 7) is 24.3. The lowest BCUT2D eigenvalue weighted by Gasteiger charge is -2.37. The van der Waals surface area contributed by atoms with Gasteiger partial charge in [0.1, 0.15) is 12.1 Å². The van der Waals surface area contributed by atoms with E-state index in [0.717, 1.165) is 128 Å². The van der Waals surface area contributed by atoms with Gasteiger partial charge in [-0.15, -0.1) is 11.3 Å². The average molecular weight is 1020 g/mol. The molecule has 5 saturated heterocycles. The minimum Gasteiger partial charge on any atom is -0.464 e. The summed E-state index contributed by atoms with van der Waals surface area (Å²) in [5.41, 5.74) is 11.4. The smallest absolute Gasteiger partial charge is 0.324 e. The first kappa shape index (κ1) is 50.2. The van der Waals surface area contributed by atoms with Gasteiger partial charge in [-0.05, 0) is 94.0 Å². The van der Waals surface area contributed by atoms with Crippen molar-refractivity contribution in [1.29, 1.82) is 0 Å². The number of likely N-dealkylation sites (tertiary alicyclic amines) is 2. The molecule has 1 aromatic carbocycles. The molecule has 392 valence electrons. The van der Waals surface area contributed by atoms with Crippen molar-refractivity contribution in [3.8, 4) is 22.5 Å². The van der Waals surface area contributed by atoms with E-state index in [4.69, 9.17) is 14.7 Å². The minimum atomic E-state index is -0.938. The Labute approximate surface area is 434 Å². The Hall–Kier alpha value is -4.94. The van der Waals surface area contributed by atoms with E-state index in [1.54, 1.807) is 0 Å². The van der Waals surface area contributed by atoms with Gasteiger partial charge in [-0.1, -0.05) is 47.6 Å². The number of hydrazine groups is 1. The van der Waals surface area contributed by atoms with Crippen molar-refractivity contribution in [1.82, 2.24) is 50.3 Å². The normalized spacial score (nSPS) is 26.5. The van der Waals surface area contributed by atoms with Crippen LogP contribution in [0, 0.1) is 16.7 Å². The fourth-order valence-corrected chi connectivity index (χ4v) is 13.7. The fraction of sp³-hybridized carbons (Fsp3) is 0.643. The molecule has 1 aliphatic carbocycles. The van der Waals surface area contributed by atoms with Crippen molar-refractivity contribution in [3.63, 3.8) is 0 Å². The summed E-state index contributed by atoms with van der Waals surface area (Å²) in [5, 5.41) is 11.9. The Morgan fingerprint density at radius 3 is 2.48 bits per heavy atom. The second kappa shape index (κ2) is 20.0. The van der Waals surface area contributed by atoms with Gasteiger partial charge < -0.3 is 29.7 Å². The number of nitrogens with one attached hydrogen (secondary N) is 3. The SMILES string of the molecule is CCn1c(-c2cc(N3CCN(C4CC4)CC3)cnc2C(C)C)c2c3cc(ccc31)-c1csc(n1)C[C@H](NC(=O)[C@H](C(C)C)N1CC[C@]3(CCN(C(=O)[C@H]4CN4)C3)C1)C(=O)N1CCC[C@H](N1)C(=O)OCC(C)(C)C2. The number of amides is 3. The number of carbonyl (C=O) groups is 4. The van der Waals surface area contributed by atoms with Crippen LogP contribution < -0.4 is 21.0 Å². The Kier molecular flexibility index (Phi) is 13.7. The molecule has 6 aliphatic heterocycles. The molecule has 0 unspecified atom stereocenters. The van der Waals surface area contributed by atoms with Crippen LogP contribution in [-0.2, 0) is 43.3 Å². The monoisotopic (exact) mass is 1020 g/mol. The van der Waals surface area contributed by atoms with Gasteiger partial charge in [-0.25, -0.2) is 10.4 Å². The number of thiazole rings is 1. The molecule has 3 aromatic heterocycles. The molecule has 1 saturated carbocycles. The molecule has 6 bridgehead atoms. The summed E-state index contributed by atoms with van der Waals surface area (Å²) in [6.07, 6.45) is 8.53. The van der Waals surface area contributed by atoms with E-state index in [9.17, 15) is 19.2 Å². The highest BCUT2D eigenvalue weighted by Crippen LogP contribution is 2.44. The number of hydrogen-bond acceptors (Lipinski definition) is 13. The zero-order valence-corrected chi connectivity index (χ0v) is 45.0. The molecule has 3 N–H and O–H groups in total. The minimum absolute atomic E-state index is 0.0323. The number of benzene rings is 1. The van der Waals surface area contributed by atoms with Crippen LogP contribution >= 0.6 is 11.3 Å². The predicted octanol–water partition coefficient (Wildman–Crippen LogP) is 5.82. The van der Waals surface area contributed by atoms with Crippen LogP contribution in [0.3, 0.4) is 0 Å². The van der Waals surface area contributed by atoms with Gasteiger partial charge in [0.05, 0.1) is 52.7 Å². The van der Waals surface area contributed by atoms with Gasteiger partial charge in [0.2, 0.25) is 11.8 Å². The summed E-state index contributed by atoms with van der Waals surface area (Å²) in [6, 6.07) is 7.62. The number of hydrogen-bond donors (Lipinski definition) is 3. The number of aryl methyl sites for hydroxylation is 1. The number of rotatable bonds is 10. The van der Waals surface area contributed by atoms with Crippen LogP contribution in [0.25, 0.3) is 33.4 Å². The van der Waals surface area contributed by atoms with E-state index < -0.39 is 23.5 Å². The van der Waals surface area contributed by atoms with Crippen molar-refractivity contribution in [2.45, 2.75) is 143 Å². The largest absolute Gasteiger partial charge is 0.464 e. The number of piperazine rings is 1. The molecule has 6 fully saturated rings.